The summed E-state index contributed by atoms with van der Waals surface area (Å²) in [6.45, 7) is 12.6. The molecule has 2 atom stereocenters. The van der Waals surface area contributed by atoms with Crippen molar-refractivity contribution in [3.05, 3.63) is 34.9 Å². The van der Waals surface area contributed by atoms with Crippen LogP contribution in [0.25, 0.3) is 6.08 Å². The molecule has 1 aliphatic heterocycles. The standard InChI is InChI=1S/C21H29BO4/c1-13-11-15(19(23)24-7)12-17-16(14(13)2)9-8-10-18(17)22-25-20(3,4)21(5,6)26-22/h8-10,12-14H,11H2,1-7H3. The maximum absolute atomic E-state index is 12.3. The van der Waals surface area contributed by atoms with Crippen LogP contribution in [0.1, 0.15) is 65.0 Å². The first kappa shape index (κ1) is 19.2. The number of esters is 1. The van der Waals surface area contributed by atoms with Gasteiger partial charge in [0.25, 0.3) is 0 Å². The molecule has 3 rings (SSSR count). The maximum atomic E-state index is 12.3. The fraction of sp³-hybridized carbons (Fsp3) is 0.571. The predicted octanol–water partition coefficient (Wildman–Crippen LogP) is 3.69. The lowest BCUT2D eigenvalue weighted by Gasteiger charge is -2.32. The quantitative estimate of drug-likeness (QED) is 0.599. The lowest BCUT2D eigenvalue weighted by Crippen LogP contribution is -2.41. The van der Waals surface area contributed by atoms with Crippen molar-refractivity contribution >= 4 is 24.6 Å². The molecule has 26 heavy (non-hydrogen) atoms. The number of hydrogen-bond donors (Lipinski definition) is 0. The summed E-state index contributed by atoms with van der Waals surface area (Å²) in [5, 5.41) is 0. The summed E-state index contributed by atoms with van der Waals surface area (Å²) in [4.78, 5) is 12.3. The van der Waals surface area contributed by atoms with Crippen molar-refractivity contribution in [3.8, 4) is 0 Å². The van der Waals surface area contributed by atoms with Gasteiger partial charge < -0.3 is 14.0 Å². The van der Waals surface area contributed by atoms with Crippen molar-refractivity contribution in [1.82, 2.24) is 0 Å². The molecule has 140 valence electrons. The van der Waals surface area contributed by atoms with Gasteiger partial charge in [-0.2, -0.15) is 0 Å². The van der Waals surface area contributed by atoms with Crippen LogP contribution in [0.15, 0.2) is 23.8 Å². The molecule has 0 aromatic heterocycles. The molecule has 5 heteroatoms. The monoisotopic (exact) mass is 356 g/mol. The van der Waals surface area contributed by atoms with Gasteiger partial charge in [0.2, 0.25) is 0 Å². The Morgan fingerprint density at radius 3 is 2.35 bits per heavy atom. The van der Waals surface area contributed by atoms with Crippen molar-refractivity contribution < 1.29 is 18.8 Å². The van der Waals surface area contributed by atoms with Crippen LogP contribution < -0.4 is 5.46 Å². The fourth-order valence-electron chi connectivity index (χ4n) is 3.68. The van der Waals surface area contributed by atoms with Gasteiger partial charge in [0.1, 0.15) is 0 Å². The van der Waals surface area contributed by atoms with Gasteiger partial charge in [-0.1, -0.05) is 32.0 Å². The minimum Gasteiger partial charge on any atom is -0.466 e. The molecule has 1 aromatic carbocycles. The minimum absolute atomic E-state index is 0.263. The fourth-order valence-corrected chi connectivity index (χ4v) is 3.68. The molecule has 1 saturated heterocycles. The van der Waals surface area contributed by atoms with Gasteiger partial charge in [0.15, 0.2) is 0 Å². The smallest absolute Gasteiger partial charge is 0.466 e. The molecule has 1 aliphatic carbocycles. The molecule has 2 unspecified atom stereocenters. The number of fused-ring (bicyclic) bond motifs is 1. The molecule has 0 saturated carbocycles. The van der Waals surface area contributed by atoms with E-state index in [1.54, 1.807) is 0 Å². The van der Waals surface area contributed by atoms with Crippen molar-refractivity contribution in [2.75, 3.05) is 7.11 Å². The summed E-state index contributed by atoms with van der Waals surface area (Å²) in [5.41, 5.74) is 3.13. The molecule has 0 bridgehead atoms. The zero-order valence-electron chi connectivity index (χ0n) is 16.9. The van der Waals surface area contributed by atoms with Crippen LogP contribution in [0.2, 0.25) is 0 Å². The Morgan fingerprint density at radius 2 is 1.77 bits per heavy atom. The molecule has 0 amide bonds. The van der Waals surface area contributed by atoms with E-state index < -0.39 is 18.3 Å². The first-order valence-electron chi connectivity index (χ1n) is 9.34. The Bertz CT molecular complexity index is 734. The van der Waals surface area contributed by atoms with Crippen LogP contribution in [0.3, 0.4) is 0 Å². The normalized spacial score (nSPS) is 26.7. The zero-order chi connectivity index (χ0) is 19.3. The molecular formula is C21H29BO4. The zero-order valence-corrected chi connectivity index (χ0v) is 16.9. The van der Waals surface area contributed by atoms with Gasteiger partial charge in [-0.15, -0.1) is 0 Å². The molecule has 1 heterocycles. The van der Waals surface area contributed by atoms with E-state index >= 15 is 0 Å². The SMILES string of the molecule is COC(=O)C1=Cc2c(B3OC(C)(C)C(C)(C)O3)cccc2C(C)C(C)C1. The second-order valence-electron chi connectivity index (χ2n) is 8.57. The Hall–Kier alpha value is -1.59. The number of carbonyl (C=O) groups excluding carboxylic acids is 1. The lowest BCUT2D eigenvalue weighted by molar-refractivity contribution is -0.136. The second kappa shape index (κ2) is 6.54. The minimum atomic E-state index is -0.453. The first-order valence-corrected chi connectivity index (χ1v) is 9.34. The van der Waals surface area contributed by atoms with E-state index in [9.17, 15) is 4.79 Å². The average Bonchev–Trinajstić information content (AvgIpc) is 2.71. The number of carbonyl (C=O) groups is 1. The first-order chi connectivity index (χ1) is 12.1. The summed E-state index contributed by atoms with van der Waals surface area (Å²) in [6.07, 6.45) is 2.67. The third-order valence-electron chi connectivity index (χ3n) is 6.33. The molecule has 1 aromatic rings. The van der Waals surface area contributed by atoms with E-state index in [2.05, 4.69) is 53.7 Å². The van der Waals surface area contributed by atoms with Crippen molar-refractivity contribution in [2.45, 2.75) is 65.1 Å². The highest BCUT2D eigenvalue weighted by atomic mass is 16.7. The molecule has 0 N–H and O–H groups in total. The predicted molar refractivity (Wildman–Crippen MR) is 104 cm³/mol. The van der Waals surface area contributed by atoms with E-state index in [1.807, 2.05) is 12.1 Å². The third-order valence-corrected chi connectivity index (χ3v) is 6.33. The number of methoxy groups -OCH3 is 1. The topological polar surface area (TPSA) is 44.8 Å². The van der Waals surface area contributed by atoms with Crippen LogP contribution in [0.4, 0.5) is 0 Å². The van der Waals surface area contributed by atoms with Gasteiger partial charge in [-0.25, -0.2) is 4.79 Å². The molecule has 1 fully saturated rings. The summed E-state index contributed by atoms with van der Waals surface area (Å²) in [5.74, 6) is 0.404. The van der Waals surface area contributed by atoms with Crippen LogP contribution in [0.5, 0.6) is 0 Å². The van der Waals surface area contributed by atoms with Gasteiger partial charge in [-0.05, 0) is 68.6 Å². The number of benzene rings is 1. The Labute approximate surface area is 157 Å². The maximum Gasteiger partial charge on any atom is 0.495 e. The largest absolute Gasteiger partial charge is 0.495 e. The van der Waals surface area contributed by atoms with E-state index in [1.165, 1.54) is 12.7 Å². The number of ether oxygens (including phenoxy) is 1. The number of rotatable bonds is 2. The Morgan fingerprint density at radius 1 is 1.15 bits per heavy atom. The van der Waals surface area contributed by atoms with Crippen LogP contribution in [-0.4, -0.2) is 31.4 Å². The van der Waals surface area contributed by atoms with Crippen molar-refractivity contribution in [1.29, 1.82) is 0 Å². The summed E-state index contributed by atoms with van der Waals surface area (Å²) in [7, 11) is 0.981. The van der Waals surface area contributed by atoms with Gasteiger partial charge in [0.05, 0.1) is 18.3 Å². The molecule has 0 radical (unpaired) electrons. The van der Waals surface area contributed by atoms with Crippen LogP contribution in [0, 0.1) is 5.92 Å². The molecule has 2 aliphatic rings. The van der Waals surface area contributed by atoms with E-state index in [-0.39, 0.29) is 5.97 Å². The van der Waals surface area contributed by atoms with Gasteiger partial charge in [0, 0.05) is 5.57 Å². The van der Waals surface area contributed by atoms with E-state index in [0.29, 0.717) is 23.8 Å². The average molecular weight is 356 g/mol. The van der Waals surface area contributed by atoms with E-state index in [4.69, 9.17) is 14.0 Å². The molecular weight excluding hydrogens is 327 g/mol. The summed E-state index contributed by atoms with van der Waals surface area (Å²) < 4.78 is 17.6. The Balaban J connectivity index is 2.12. The highest BCUT2D eigenvalue weighted by molar-refractivity contribution is 6.63. The number of hydrogen-bond acceptors (Lipinski definition) is 4. The molecule has 4 nitrogen and oxygen atoms in total. The third kappa shape index (κ3) is 3.12. The van der Waals surface area contributed by atoms with E-state index in [0.717, 1.165) is 11.0 Å². The van der Waals surface area contributed by atoms with Gasteiger partial charge >= 0.3 is 13.1 Å². The van der Waals surface area contributed by atoms with Crippen LogP contribution in [-0.2, 0) is 18.8 Å². The second-order valence-corrected chi connectivity index (χ2v) is 8.57. The van der Waals surface area contributed by atoms with Crippen LogP contribution >= 0.6 is 0 Å². The lowest BCUT2D eigenvalue weighted by atomic mass is 9.73. The summed E-state index contributed by atoms with van der Waals surface area (Å²) >= 11 is 0. The van der Waals surface area contributed by atoms with Crippen molar-refractivity contribution in [3.63, 3.8) is 0 Å². The highest BCUT2D eigenvalue weighted by Crippen LogP contribution is 2.39. The van der Waals surface area contributed by atoms with Crippen molar-refractivity contribution in [2.24, 2.45) is 5.92 Å². The molecule has 0 spiro atoms. The van der Waals surface area contributed by atoms with Gasteiger partial charge in [-0.3, -0.25) is 0 Å². The Kier molecular flexibility index (Phi) is 4.83. The summed E-state index contributed by atoms with van der Waals surface area (Å²) in [6, 6.07) is 6.23. The highest BCUT2D eigenvalue weighted by Gasteiger charge is 2.52.